The average Bonchev–Trinajstić information content (AvgIpc) is 2.47. The van der Waals surface area contributed by atoms with Crippen LogP contribution in [0.25, 0.3) is 0 Å². The van der Waals surface area contributed by atoms with Crippen LogP contribution in [0.3, 0.4) is 0 Å². The summed E-state index contributed by atoms with van der Waals surface area (Å²) >= 11 is 0. The summed E-state index contributed by atoms with van der Waals surface area (Å²) in [5.74, 6) is 0. The van der Waals surface area contributed by atoms with Gasteiger partial charge >= 0.3 is 17.6 Å². The molecule has 20 heavy (non-hydrogen) atoms. The van der Waals surface area contributed by atoms with E-state index in [-0.39, 0.29) is 0 Å². The van der Waals surface area contributed by atoms with Crippen LogP contribution in [0, 0.1) is 0 Å². The van der Waals surface area contributed by atoms with Gasteiger partial charge in [-0.05, 0) is 0 Å². The second-order valence-corrected chi connectivity index (χ2v) is 8.07. The van der Waals surface area contributed by atoms with E-state index in [9.17, 15) is 14.4 Å². The Labute approximate surface area is 117 Å². The topological polar surface area (TPSA) is 125 Å². The van der Waals surface area contributed by atoms with E-state index in [1.165, 1.54) is 46.7 Å². The van der Waals surface area contributed by atoms with Gasteiger partial charge < -0.3 is 17.7 Å². The molecule has 10 nitrogen and oxygen atoms in total. The summed E-state index contributed by atoms with van der Waals surface area (Å²) in [5.41, 5.74) is 0. The first-order valence-corrected chi connectivity index (χ1v) is 8.88. The van der Waals surface area contributed by atoms with Crippen molar-refractivity contribution in [2.75, 3.05) is 28.4 Å². The Morgan fingerprint density at radius 3 is 1.20 bits per heavy atom. The van der Waals surface area contributed by atoms with Crippen molar-refractivity contribution >= 4 is 35.8 Å². The highest BCUT2D eigenvalue weighted by Gasteiger charge is 2.39. The molecule has 12 heteroatoms. The zero-order chi connectivity index (χ0) is 16.1. The Morgan fingerprint density at radius 1 is 0.700 bits per heavy atom. The molecule has 0 aliphatic heterocycles. The van der Waals surface area contributed by atoms with E-state index in [0.717, 1.165) is 0 Å². The molecule has 0 fully saturated rings. The van der Waals surface area contributed by atoms with Crippen molar-refractivity contribution < 1.29 is 32.1 Å². The summed E-state index contributed by atoms with van der Waals surface area (Å²) in [6, 6.07) is 0. The number of carbonyl (C=O) groups excluding carboxylic acids is 3. The van der Waals surface area contributed by atoms with Gasteiger partial charge in [0.1, 0.15) is 0 Å². The van der Waals surface area contributed by atoms with Crippen LogP contribution in [-0.2, 0) is 32.1 Å². The molecule has 0 heterocycles. The van der Waals surface area contributed by atoms with Gasteiger partial charge in [0.15, 0.2) is 0 Å². The van der Waals surface area contributed by atoms with Gasteiger partial charge in [-0.3, -0.25) is 0 Å². The molecule has 0 rings (SSSR count). The largest absolute Gasteiger partial charge is 0.647 e. The molecule has 0 N–H and O–H groups in total. The highest BCUT2D eigenvalue weighted by Crippen LogP contribution is 2.05. The van der Waals surface area contributed by atoms with E-state index >= 15 is 0 Å². The number of hydrogen-bond acceptors (Lipinski definition) is 10. The minimum absolute atomic E-state index is 1.21. The molecular formula is C8H15N3O7Si2. The van der Waals surface area contributed by atoms with Crippen LogP contribution >= 0.6 is 0 Å². The number of isocyanates is 3. The van der Waals surface area contributed by atoms with Gasteiger partial charge in [0.25, 0.3) is 0 Å². The van der Waals surface area contributed by atoms with Crippen molar-refractivity contribution in [1.82, 2.24) is 0 Å². The lowest BCUT2D eigenvalue weighted by Gasteiger charge is -2.13. The summed E-state index contributed by atoms with van der Waals surface area (Å²) in [7, 11) is -0.460. The number of hydrogen-bond donors (Lipinski definition) is 0. The fourth-order valence-corrected chi connectivity index (χ4v) is 1.99. The highest BCUT2D eigenvalue weighted by molar-refractivity contribution is 6.65. The average molecular weight is 321 g/mol. The molecule has 0 saturated heterocycles. The molecule has 0 aromatic carbocycles. The van der Waals surface area contributed by atoms with Gasteiger partial charge in [0.2, 0.25) is 18.2 Å². The van der Waals surface area contributed by atoms with E-state index < -0.39 is 17.6 Å². The van der Waals surface area contributed by atoms with Crippen LogP contribution in [0.4, 0.5) is 0 Å². The molecule has 0 aromatic heterocycles. The van der Waals surface area contributed by atoms with Gasteiger partial charge in [-0.25, -0.2) is 14.4 Å². The highest BCUT2D eigenvalue weighted by atomic mass is 28.4. The molecule has 0 atom stereocenters. The van der Waals surface area contributed by atoms with Crippen LogP contribution in [0.5, 0.6) is 0 Å². The molecule has 0 aliphatic rings. The monoisotopic (exact) mass is 321 g/mol. The Bertz CT molecular complexity index is 400. The third-order valence-electron chi connectivity index (χ3n) is 1.91. The summed E-state index contributed by atoms with van der Waals surface area (Å²) in [6.07, 6.45) is 3.82. The summed E-state index contributed by atoms with van der Waals surface area (Å²) in [5, 5.41) is 0. The fraction of sp³-hybridized carbons (Fsp3) is 0.625. The van der Waals surface area contributed by atoms with E-state index in [1.54, 1.807) is 6.55 Å². The van der Waals surface area contributed by atoms with E-state index in [0.29, 0.717) is 0 Å². The van der Waals surface area contributed by atoms with Gasteiger partial charge in [-0.1, -0.05) is 0 Å². The normalized spacial score (nSPS) is 10.1. The lowest BCUT2D eigenvalue weighted by molar-refractivity contribution is 0.246. The quantitative estimate of drug-likeness (QED) is 0.354. The maximum Gasteiger partial charge on any atom is 0.647 e. The maximum atomic E-state index is 9.81. The first-order chi connectivity index (χ1) is 9.42. The minimum atomic E-state index is -3.34. The molecule has 0 bridgehead atoms. The van der Waals surface area contributed by atoms with Gasteiger partial charge in [-0.2, -0.15) is 14.0 Å². The number of rotatable bonds is 7. The molecule has 0 unspecified atom stereocenters. The van der Waals surface area contributed by atoms with Crippen molar-refractivity contribution in [1.29, 1.82) is 0 Å². The molecule has 112 valence electrons. The summed E-state index contributed by atoms with van der Waals surface area (Å²) < 4.78 is 28.5. The van der Waals surface area contributed by atoms with Gasteiger partial charge in [-0.15, -0.1) is 0 Å². The van der Waals surface area contributed by atoms with Crippen LogP contribution in [0.2, 0.25) is 6.55 Å². The van der Waals surface area contributed by atoms with Crippen LogP contribution in [-0.4, -0.2) is 64.3 Å². The van der Waals surface area contributed by atoms with Crippen molar-refractivity contribution in [2.24, 2.45) is 14.0 Å². The molecule has 0 amide bonds. The molecule has 0 spiro atoms. The molecule has 0 saturated carbocycles. The summed E-state index contributed by atoms with van der Waals surface area (Å²) in [6.45, 7) is 1.65. The molecule has 0 aliphatic carbocycles. The summed E-state index contributed by atoms with van der Waals surface area (Å²) in [4.78, 5) is 29.3. The van der Waals surface area contributed by atoms with E-state index in [4.69, 9.17) is 8.85 Å². The lowest BCUT2D eigenvalue weighted by Crippen LogP contribution is -2.36. The second kappa shape index (κ2) is 11.3. The van der Waals surface area contributed by atoms with E-state index in [2.05, 4.69) is 22.8 Å². The smallest absolute Gasteiger partial charge is 0.381 e. The molecular weight excluding hydrogens is 306 g/mol. The van der Waals surface area contributed by atoms with Crippen molar-refractivity contribution in [3.63, 3.8) is 0 Å². The first-order valence-electron chi connectivity index (χ1n) is 4.90. The Morgan fingerprint density at radius 2 is 1.05 bits per heavy atom. The standard InChI is InChI=1S/C4H6N2O4Si.C4H9NO3Si/c1-9-11(10-2,5-3-7)6-4-8;1-7-9(3,8-2)5-4-6/h1-2H3;1-3H3. The van der Waals surface area contributed by atoms with Crippen LogP contribution < -0.4 is 0 Å². The predicted octanol–water partition coefficient (Wildman–Crippen LogP) is -0.430. The first kappa shape index (κ1) is 20.7. The van der Waals surface area contributed by atoms with E-state index in [1.807, 2.05) is 0 Å². The van der Waals surface area contributed by atoms with Gasteiger partial charge in [0, 0.05) is 35.0 Å². The molecule has 0 aromatic rings. The minimum Gasteiger partial charge on any atom is -0.381 e. The second-order valence-electron chi connectivity index (χ2n) is 2.87. The Kier molecular flexibility index (Phi) is 11.7. The fourth-order valence-electron chi connectivity index (χ4n) is 0.664. The number of nitrogens with zero attached hydrogens (tertiary/aromatic N) is 3. The Hall–Kier alpha value is -1.59. The zero-order valence-electron chi connectivity index (χ0n) is 11.7. The predicted molar refractivity (Wildman–Crippen MR) is 69.8 cm³/mol. The van der Waals surface area contributed by atoms with Gasteiger partial charge in [0.05, 0.1) is 0 Å². The molecule has 0 radical (unpaired) electrons. The van der Waals surface area contributed by atoms with Crippen molar-refractivity contribution in [3.05, 3.63) is 0 Å². The third kappa shape index (κ3) is 7.76. The van der Waals surface area contributed by atoms with Crippen LogP contribution in [0.1, 0.15) is 0 Å². The SMILES string of the molecule is CO[Si](C)(N=C=O)OC.CO[Si](N=C=O)(N=C=O)OC. The van der Waals surface area contributed by atoms with Crippen molar-refractivity contribution in [2.45, 2.75) is 6.55 Å². The van der Waals surface area contributed by atoms with Crippen molar-refractivity contribution in [3.8, 4) is 0 Å². The zero-order valence-corrected chi connectivity index (χ0v) is 13.7. The maximum absolute atomic E-state index is 9.81. The third-order valence-corrected chi connectivity index (χ3v) is 5.74. The lowest BCUT2D eigenvalue weighted by atomic mass is 11.7. The Balaban J connectivity index is 0. The van der Waals surface area contributed by atoms with Crippen LogP contribution in [0.15, 0.2) is 14.0 Å².